The van der Waals surface area contributed by atoms with E-state index < -0.39 is 0 Å². The monoisotopic (exact) mass is 210 g/mol. The number of benzene rings is 1. The van der Waals surface area contributed by atoms with Gasteiger partial charge < -0.3 is 9.82 Å². The summed E-state index contributed by atoms with van der Waals surface area (Å²) in [6.07, 6.45) is 0. The summed E-state index contributed by atoms with van der Waals surface area (Å²) in [4.78, 5) is 7.99. The van der Waals surface area contributed by atoms with E-state index in [4.69, 9.17) is 16.4 Å². The molecule has 0 aliphatic heterocycles. The molecule has 2 N–H and O–H groups in total. The van der Waals surface area contributed by atoms with Crippen molar-refractivity contribution in [1.82, 2.24) is 10.5 Å². The summed E-state index contributed by atoms with van der Waals surface area (Å²) < 4.78 is 0. The van der Waals surface area contributed by atoms with Crippen molar-refractivity contribution in [3.63, 3.8) is 0 Å². The summed E-state index contributed by atoms with van der Waals surface area (Å²) in [6, 6.07) is 7.93. The maximum absolute atomic E-state index is 6.17. The maximum Gasteiger partial charge on any atom is 0.0706 e. The molecule has 0 aliphatic rings. The summed E-state index contributed by atoms with van der Waals surface area (Å²) >= 11 is 6.17. The van der Waals surface area contributed by atoms with Crippen LogP contribution in [0.2, 0.25) is 5.02 Å². The SMILES string of the molecule is CONCc1[nH]c2ccccc2c1Cl. The van der Waals surface area contributed by atoms with Crippen LogP contribution in [0.15, 0.2) is 24.3 Å². The number of aromatic nitrogens is 1. The first-order valence-corrected chi connectivity index (χ1v) is 4.71. The van der Waals surface area contributed by atoms with E-state index in [1.165, 1.54) is 0 Å². The Morgan fingerprint density at radius 2 is 2.21 bits per heavy atom. The third-order valence-corrected chi connectivity index (χ3v) is 2.54. The van der Waals surface area contributed by atoms with Gasteiger partial charge in [-0.2, -0.15) is 5.48 Å². The highest BCUT2D eigenvalue weighted by Gasteiger charge is 2.07. The second-order valence-electron chi connectivity index (χ2n) is 2.99. The molecule has 0 unspecified atom stereocenters. The van der Waals surface area contributed by atoms with E-state index in [0.717, 1.165) is 21.6 Å². The smallest absolute Gasteiger partial charge is 0.0706 e. The topological polar surface area (TPSA) is 37.0 Å². The van der Waals surface area contributed by atoms with Crippen LogP contribution in [0.4, 0.5) is 0 Å². The summed E-state index contributed by atoms with van der Waals surface area (Å²) in [5.41, 5.74) is 4.74. The Hall–Kier alpha value is -1.03. The molecule has 0 fully saturated rings. The Balaban J connectivity index is 2.41. The molecule has 0 bridgehead atoms. The summed E-state index contributed by atoms with van der Waals surface area (Å²) in [7, 11) is 1.58. The molecule has 1 aromatic carbocycles. The van der Waals surface area contributed by atoms with Gasteiger partial charge in [0.2, 0.25) is 0 Å². The number of halogens is 1. The quantitative estimate of drug-likeness (QED) is 0.764. The van der Waals surface area contributed by atoms with Crippen LogP contribution in [0.3, 0.4) is 0 Å². The molecule has 0 spiro atoms. The van der Waals surface area contributed by atoms with Crippen LogP contribution >= 0.6 is 11.6 Å². The molecule has 4 heteroatoms. The minimum atomic E-state index is 0.573. The zero-order valence-corrected chi connectivity index (χ0v) is 8.56. The van der Waals surface area contributed by atoms with Gasteiger partial charge in [-0.15, -0.1) is 0 Å². The largest absolute Gasteiger partial charge is 0.356 e. The number of rotatable bonds is 3. The van der Waals surface area contributed by atoms with E-state index in [2.05, 4.69) is 10.5 Å². The van der Waals surface area contributed by atoms with E-state index in [1.807, 2.05) is 24.3 Å². The van der Waals surface area contributed by atoms with Gasteiger partial charge in [0, 0.05) is 10.9 Å². The minimum Gasteiger partial charge on any atom is -0.356 e. The molecule has 1 heterocycles. The van der Waals surface area contributed by atoms with Gasteiger partial charge in [0.05, 0.1) is 24.4 Å². The lowest BCUT2D eigenvalue weighted by Crippen LogP contribution is -2.11. The molecule has 0 amide bonds. The van der Waals surface area contributed by atoms with E-state index in [1.54, 1.807) is 7.11 Å². The van der Waals surface area contributed by atoms with Gasteiger partial charge in [0.25, 0.3) is 0 Å². The average molecular weight is 211 g/mol. The van der Waals surface area contributed by atoms with Crippen molar-refractivity contribution in [2.45, 2.75) is 6.54 Å². The second-order valence-corrected chi connectivity index (χ2v) is 3.37. The first kappa shape index (κ1) is 9.52. The first-order valence-electron chi connectivity index (χ1n) is 4.34. The predicted molar refractivity (Wildman–Crippen MR) is 57.2 cm³/mol. The van der Waals surface area contributed by atoms with Crippen LogP contribution in [-0.4, -0.2) is 12.1 Å². The van der Waals surface area contributed by atoms with Gasteiger partial charge in [0.1, 0.15) is 0 Å². The van der Waals surface area contributed by atoms with Crippen molar-refractivity contribution in [3.8, 4) is 0 Å². The van der Waals surface area contributed by atoms with E-state index >= 15 is 0 Å². The lowest BCUT2D eigenvalue weighted by molar-refractivity contribution is 0.0860. The summed E-state index contributed by atoms with van der Waals surface area (Å²) in [6.45, 7) is 0.573. The van der Waals surface area contributed by atoms with Crippen LogP contribution in [-0.2, 0) is 11.4 Å². The van der Waals surface area contributed by atoms with E-state index in [9.17, 15) is 0 Å². The maximum atomic E-state index is 6.17. The Morgan fingerprint density at radius 1 is 1.43 bits per heavy atom. The zero-order chi connectivity index (χ0) is 9.97. The number of fused-ring (bicyclic) bond motifs is 1. The van der Waals surface area contributed by atoms with Crippen LogP contribution in [0.5, 0.6) is 0 Å². The van der Waals surface area contributed by atoms with E-state index in [-0.39, 0.29) is 0 Å². The predicted octanol–water partition coefficient (Wildman–Crippen LogP) is 2.47. The summed E-state index contributed by atoms with van der Waals surface area (Å²) in [5.74, 6) is 0. The van der Waals surface area contributed by atoms with Gasteiger partial charge in [-0.05, 0) is 6.07 Å². The molecule has 3 nitrogen and oxygen atoms in total. The number of aromatic amines is 1. The van der Waals surface area contributed by atoms with Crippen LogP contribution in [0, 0.1) is 0 Å². The fourth-order valence-electron chi connectivity index (χ4n) is 1.43. The van der Waals surface area contributed by atoms with E-state index in [0.29, 0.717) is 6.54 Å². The van der Waals surface area contributed by atoms with Crippen molar-refractivity contribution in [3.05, 3.63) is 35.0 Å². The highest BCUT2D eigenvalue weighted by Crippen LogP contribution is 2.26. The Kier molecular flexibility index (Phi) is 2.72. The molecule has 14 heavy (non-hydrogen) atoms. The van der Waals surface area contributed by atoms with Crippen molar-refractivity contribution in [1.29, 1.82) is 0 Å². The Morgan fingerprint density at radius 3 is 2.93 bits per heavy atom. The Bertz CT molecular complexity index is 439. The fourth-order valence-corrected chi connectivity index (χ4v) is 1.71. The standard InChI is InChI=1S/C10H11ClN2O/c1-14-12-6-9-10(11)7-4-2-3-5-8(7)13-9/h2-5,12-13H,6H2,1H3. The van der Waals surface area contributed by atoms with Crippen LogP contribution < -0.4 is 5.48 Å². The number of hydrogen-bond donors (Lipinski definition) is 2. The molecule has 74 valence electrons. The number of hydroxylamine groups is 1. The first-order chi connectivity index (χ1) is 6.83. The van der Waals surface area contributed by atoms with Crippen molar-refractivity contribution < 1.29 is 4.84 Å². The lowest BCUT2D eigenvalue weighted by atomic mass is 10.2. The lowest BCUT2D eigenvalue weighted by Gasteiger charge is -1.98. The number of para-hydroxylation sites is 1. The van der Waals surface area contributed by atoms with Gasteiger partial charge in [0.15, 0.2) is 0 Å². The van der Waals surface area contributed by atoms with Gasteiger partial charge in [-0.1, -0.05) is 29.8 Å². The van der Waals surface area contributed by atoms with Gasteiger partial charge >= 0.3 is 0 Å². The number of hydrogen-bond acceptors (Lipinski definition) is 2. The van der Waals surface area contributed by atoms with Crippen molar-refractivity contribution >= 4 is 22.5 Å². The minimum absolute atomic E-state index is 0.573. The van der Waals surface area contributed by atoms with Crippen LogP contribution in [0.1, 0.15) is 5.69 Å². The molecular formula is C10H11ClN2O. The molecule has 2 rings (SSSR count). The van der Waals surface area contributed by atoms with Gasteiger partial charge in [-0.25, -0.2) is 0 Å². The molecule has 2 aromatic rings. The highest BCUT2D eigenvalue weighted by atomic mass is 35.5. The Labute approximate surface area is 87.0 Å². The third-order valence-electron chi connectivity index (χ3n) is 2.11. The molecule has 0 saturated carbocycles. The fraction of sp³-hybridized carbons (Fsp3) is 0.200. The van der Waals surface area contributed by atoms with Crippen molar-refractivity contribution in [2.24, 2.45) is 0 Å². The normalized spacial score (nSPS) is 11.0. The number of nitrogens with one attached hydrogen (secondary N) is 2. The summed E-state index contributed by atoms with van der Waals surface area (Å²) in [5, 5.41) is 1.80. The molecule has 0 atom stereocenters. The average Bonchev–Trinajstić information content (AvgIpc) is 2.54. The third kappa shape index (κ3) is 1.62. The van der Waals surface area contributed by atoms with Gasteiger partial charge in [-0.3, -0.25) is 0 Å². The molecule has 0 aliphatic carbocycles. The molecule has 0 saturated heterocycles. The molecule has 0 radical (unpaired) electrons. The van der Waals surface area contributed by atoms with Crippen molar-refractivity contribution in [2.75, 3.05) is 7.11 Å². The molecule has 1 aromatic heterocycles. The molecular weight excluding hydrogens is 200 g/mol. The zero-order valence-electron chi connectivity index (χ0n) is 7.80. The van der Waals surface area contributed by atoms with Crippen LogP contribution in [0.25, 0.3) is 10.9 Å². The second kappa shape index (κ2) is 4.00. The number of H-pyrrole nitrogens is 1. The highest BCUT2D eigenvalue weighted by molar-refractivity contribution is 6.36.